The third-order valence-electron chi connectivity index (χ3n) is 2.38. The molecule has 0 aliphatic carbocycles. The number of pyridine rings is 1. The van der Waals surface area contributed by atoms with Gasteiger partial charge in [0.2, 0.25) is 0 Å². The van der Waals surface area contributed by atoms with Crippen LogP contribution in [0.2, 0.25) is 5.15 Å². The third-order valence-corrected chi connectivity index (χ3v) is 3.97. The van der Waals surface area contributed by atoms with Gasteiger partial charge >= 0.3 is 0 Å². The molecule has 1 amide bonds. The normalized spacial score (nSPS) is 11.5. The molecular weight excluding hydrogens is 327 g/mol. The zero-order chi connectivity index (χ0) is 14.9. The van der Waals surface area contributed by atoms with E-state index in [4.69, 9.17) is 32.8 Å². The van der Waals surface area contributed by atoms with Gasteiger partial charge < -0.3 is 10.5 Å². The van der Waals surface area contributed by atoms with E-state index < -0.39 is 15.0 Å². The number of rotatable bonds is 4. The van der Waals surface area contributed by atoms with E-state index in [-0.39, 0.29) is 33.3 Å². The van der Waals surface area contributed by atoms with Crippen molar-refractivity contribution >= 4 is 48.1 Å². The Morgan fingerprint density at radius 3 is 2.60 bits per heavy atom. The Balaban J connectivity index is 2.68. The molecule has 2 rings (SSSR count). The number of nitrogens with zero attached hydrogens (tertiary/aromatic N) is 1. The number of nitrogens with two attached hydrogens (primary N) is 1. The minimum Gasteiger partial charge on any atom is -0.481 e. The molecule has 0 unspecified atom stereocenters. The second-order valence-electron chi connectivity index (χ2n) is 3.78. The van der Waals surface area contributed by atoms with Gasteiger partial charge in [-0.05, 0) is 24.3 Å². The molecular formula is C11H8Cl2N2O4S. The number of fused-ring (bicyclic) bond motifs is 1. The molecule has 6 nitrogen and oxygen atoms in total. The molecule has 9 heteroatoms. The van der Waals surface area contributed by atoms with Crippen molar-refractivity contribution in [1.82, 2.24) is 4.98 Å². The average molecular weight is 335 g/mol. The van der Waals surface area contributed by atoms with Crippen molar-refractivity contribution < 1.29 is 17.9 Å². The summed E-state index contributed by atoms with van der Waals surface area (Å²) in [6.45, 7) is -0.365. The number of aromatic nitrogens is 1. The number of carbonyl (C=O) groups excluding carboxylic acids is 1. The SMILES string of the molecule is NC(=O)COc1ccc(S(=O)(=O)Cl)c2ccc(Cl)nc12. The van der Waals surface area contributed by atoms with Crippen LogP contribution in [-0.2, 0) is 13.8 Å². The van der Waals surface area contributed by atoms with Crippen molar-refractivity contribution in [3.8, 4) is 5.75 Å². The molecule has 0 radical (unpaired) electrons. The zero-order valence-electron chi connectivity index (χ0n) is 9.84. The van der Waals surface area contributed by atoms with Crippen LogP contribution in [0.15, 0.2) is 29.2 Å². The van der Waals surface area contributed by atoms with Crippen LogP contribution in [0.5, 0.6) is 5.75 Å². The predicted octanol–water partition coefficient (Wildman–Crippen LogP) is 1.68. The summed E-state index contributed by atoms with van der Waals surface area (Å²) in [6.07, 6.45) is 0. The highest BCUT2D eigenvalue weighted by Crippen LogP contribution is 2.32. The van der Waals surface area contributed by atoms with Gasteiger partial charge in [0.25, 0.3) is 15.0 Å². The van der Waals surface area contributed by atoms with E-state index in [0.717, 1.165) is 0 Å². The first-order valence-corrected chi connectivity index (χ1v) is 7.93. The molecule has 1 aromatic carbocycles. The van der Waals surface area contributed by atoms with Crippen LogP contribution >= 0.6 is 22.3 Å². The van der Waals surface area contributed by atoms with Gasteiger partial charge in [-0.3, -0.25) is 4.79 Å². The molecule has 1 aromatic heterocycles. The van der Waals surface area contributed by atoms with Crippen molar-refractivity contribution in [1.29, 1.82) is 0 Å². The lowest BCUT2D eigenvalue weighted by molar-refractivity contribution is -0.119. The summed E-state index contributed by atoms with van der Waals surface area (Å²) in [7, 11) is 1.41. The fourth-order valence-electron chi connectivity index (χ4n) is 1.62. The molecule has 0 saturated carbocycles. The van der Waals surface area contributed by atoms with Gasteiger partial charge in [-0.1, -0.05) is 11.6 Å². The topological polar surface area (TPSA) is 99.4 Å². The molecule has 0 bridgehead atoms. The van der Waals surface area contributed by atoms with Crippen LogP contribution in [0.3, 0.4) is 0 Å². The monoisotopic (exact) mass is 334 g/mol. The van der Waals surface area contributed by atoms with Crippen LogP contribution in [0, 0.1) is 0 Å². The second-order valence-corrected chi connectivity index (χ2v) is 6.71. The van der Waals surface area contributed by atoms with Crippen molar-refractivity contribution in [3.63, 3.8) is 0 Å². The largest absolute Gasteiger partial charge is 0.481 e. The molecule has 0 aliphatic heterocycles. The van der Waals surface area contributed by atoms with Crippen LogP contribution in [0.25, 0.3) is 10.9 Å². The van der Waals surface area contributed by atoms with E-state index in [9.17, 15) is 13.2 Å². The summed E-state index contributed by atoms with van der Waals surface area (Å²) in [5, 5.41) is 0.386. The minimum atomic E-state index is -3.95. The van der Waals surface area contributed by atoms with Crippen molar-refractivity contribution in [2.75, 3.05) is 6.61 Å². The molecule has 20 heavy (non-hydrogen) atoms. The maximum absolute atomic E-state index is 11.5. The molecule has 106 valence electrons. The first-order valence-electron chi connectivity index (χ1n) is 5.24. The second kappa shape index (κ2) is 5.43. The minimum absolute atomic E-state index is 0.121. The number of hydrogen-bond acceptors (Lipinski definition) is 5. The molecule has 0 fully saturated rings. The van der Waals surface area contributed by atoms with Gasteiger partial charge in [0.1, 0.15) is 16.4 Å². The first kappa shape index (κ1) is 14.8. The lowest BCUT2D eigenvalue weighted by atomic mass is 10.2. The summed E-state index contributed by atoms with van der Waals surface area (Å²) in [5.41, 5.74) is 5.17. The van der Waals surface area contributed by atoms with Crippen LogP contribution in [-0.4, -0.2) is 25.9 Å². The highest BCUT2D eigenvalue weighted by Gasteiger charge is 2.18. The molecule has 2 N–H and O–H groups in total. The molecule has 0 saturated heterocycles. The summed E-state index contributed by atoms with van der Waals surface area (Å²) >= 11 is 5.78. The summed E-state index contributed by atoms with van der Waals surface area (Å²) in [4.78, 5) is 14.6. The number of halogens is 2. The highest BCUT2D eigenvalue weighted by molar-refractivity contribution is 8.14. The Labute approximate surface area is 123 Å². The lowest BCUT2D eigenvalue weighted by Crippen LogP contribution is -2.20. The Kier molecular flexibility index (Phi) is 4.03. The van der Waals surface area contributed by atoms with Crippen LogP contribution < -0.4 is 10.5 Å². The highest BCUT2D eigenvalue weighted by atomic mass is 35.7. The van der Waals surface area contributed by atoms with Crippen molar-refractivity contribution in [2.45, 2.75) is 4.90 Å². The van der Waals surface area contributed by atoms with Gasteiger partial charge in [0.15, 0.2) is 6.61 Å². The number of carbonyl (C=O) groups is 1. The Hall–Kier alpha value is -1.57. The van der Waals surface area contributed by atoms with Gasteiger partial charge in [0, 0.05) is 16.1 Å². The molecule has 0 aliphatic rings. The number of ether oxygens (including phenoxy) is 1. The fourth-order valence-corrected chi connectivity index (χ4v) is 2.83. The van der Waals surface area contributed by atoms with Crippen LogP contribution in [0.4, 0.5) is 0 Å². The van der Waals surface area contributed by atoms with E-state index in [1.54, 1.807) is 0 Å². The van der Waals surface area contributed by atoms with Gasteiger partial charge in [0.05, 0.1) is 4.90 Å². The summed E-state index contributed by atoms with van der Waals surface area (Å²) in [6, 6.07) is 5.48. The number of amides is 1. The van der Waals surface area contributed by atoms with Gasteiger partial charge in [-0.15, -0.1) is 0 Å². The zero-order valence-corrected chi connectivity index (χ0v) is 12.2. The first-order chi connectivity index (χ1) is 9.29. The van der Waals surface area contributed by atoms with E-state index in [0.29, 0.717) is 0 Å². The lowest BCUT2D eigenvalue weighted by Gasteiger charge is -2.09. The average Bonchev–Trinajstić information content (AvgIpc) is 2.34. The van der Waals surface area contributed by atoms with Crippen LogP contribution in [0.1, 0.15) is 0 Å². The fraction of sp³-hybridized carbons (Fsp3) is 0.0909. The van der Waals surface area contributed by atoms with Crippen molar-refractivity contribution in [2.24, 2.45) is 5.73 Å². The molecule has 0 spiro atoms. The Morgan fingerprint density at radius 1 is 1.30 bits per heavy atom. The number of hydrogen-bond donors (Lipinski definition) is 1. The standard InChI is InChI=1S/C11H8Cl2N2O4S/c12-9-4-1-6-8(20(13,17)18)3-2-7(11(6)15-9)19-5-10(14)16/h1-4H,5H2,(H2,14,16). The Morgan fingerprint density at radius 2 is 2.00 bits per heavy atom. The van der Waals surface area contributed by atoms with E-state index >= 15 is 0 Å². The maximum Gasteiger partial charge on any atom is 0.261 e. The van der Waals surface area contributed by atoms with Gasteiger partial charge in [-0.2, -0.15) is 0 Å². The molecule has 0 atom stereocenters. The van der Waals surface area contributed by atoms with E-state index in [1.165, 1.54) is 24.3 Å². The molecule has 1 heterocycles. The summed E-state index contributed by atoms with van der Waals surface area (Å²) < 4.78 is 28.2. The molecule has 2 aromatic rings. The number of primary amides is 1. The smallest absolute Gasteiger partial charge is 0.261 e. The predicted molar refractivity (Wildman–Crippen MR) is 74.5 cm³/mol. The third kappa shape index (κ3) is 3.12. The van der Waals surface area contributed by atoms with E-state index in [2.05, 4.69) is 4.98 Å². The van der Waals surface area contributed by atoms with Crippen molar-refractivity contribution in [3.05, 3.63) is 29.4 Å². The Bertz CT molecular complexity index is 792. The maximum atomic E-state index is 11.5. The summed E-state index contributed by atoms with van der Waals surface area (Å²) in [5.74, 6) is -0.486. The quantitative estimate of drug-likeness (QED) is 0.677. The van der Waals surface area contributed by atoms with Gasteiger partial charge in [-0.25, -0.2) is 13.4 Å². The van der Waals surface area contributed by atoms with E-state index in [1.807, 2.05) is 0 Å². The number of benzene rings is 1.